The number of hydrogen-bond acceptors (Lipinski definition) is 3. The van der Waals surface area contributed by atoms with Crippen LogP contribution in [-0.4, -0.2) is 47.0 Å². The van der Waals surface area contributed by atoms with Crippen LogP contribution in [0.4, 0.5) is 4.79 Å². The van der Waals surface area contributed by atoms with Gasteiger partial charge >= 0.3 is 6.09 Å². The summed E-state index contributed by atoms with van der Waals surface area (Å²) in [7, 11) is 0. The van der Waals surface area contributed by atoms with Crippen LogP contribution in [0.1, 0.15) is 46.1 Å². The van der Waals surface area contributed by atoms with Crippen LogP contribution in [0.25, 0.3) is 0 Å². The average Bonchev–Trinajstić information content (AvgIpc) is 2.58. The second-order valence-corrected chi connectivity index (χ2v) is 8.18. The molecule has 1 fully saturated rings. The van der Waals surface area contributed by atoms with Crippen molar-refractivity contribution in [2.45, 2.75) is 52.7 Å². The zero-order chi connectivity index (χ0) is 19.3. The van der Waals surface area contributed by atoms with Crippen LogP contribution >= 0.6 is 11.6 Å². The molecule has 0 N–H and O–H groups in total. The standard InChI is InChI=1S/C20H29ClN2O3/c1-5-22(13-15-8-6-10-17(21)12-15)18(24)16-9-7-11-23(14-16)19(25)26-20(2,3)4/h6,8,10,12,16H,5,7,9,11,13-14H2,1-4H3/t16-/m1/s1. The van der Waals surface area contributed by atoms with E-state index in [0.717, 1.165) is 18.4 Å². The molecule has 1 saturated heterocycles. The number of amides is 2. The number of benzene rings is 1. The number of hydrogen-bond donors (Lipinski definition) is 0. The van der Waals surface area contributed by atoms with E-state index in [-0.39, 0.29) is 17.9 Å². The topological polar surface area (TPSA) is 49.9 Å². The van der Waals surface area contributed by atoms with E-state index in [2.05, 4.69) is 0 Å². The molecule has 0 radical (unpaired) electrons. The first-order valence-corrected chi connectivity index (χ1v) is 9.58. The van der Waals surface area contributed by atoms with Crippen molar-refractivity contribution in [1.29, 1.82) is 0 Å². The lowest BCUT2D eigenvalue weighted by atomic mass is 9.96. The van der Waals surface area contributed by atoms with Crippen LogP contribution in [0.15, 0.2) is 24.3 Å². The molecule has 1 heterocycles. The van der Waals surface area contributed by atoms with E-state index < -0.39 is 5.60 Å². The number of halogens is 1. The summed E-state index contributed by atoms with van der Waals surface area (Å²) < 4.78 is 5.45. The maximum atomic E-state index is 13.0. The maximum absolute atomic E-state index is 13.0. The molecule has 6 heteroatoms. The third-order valence-corrected chi connectivity index (χ3v) is 4.61. The molecule has 0 aliphatic carbocycles. The van der Waals surface area contributed by atoms with Gasteiger partial charge < -0.3 is 14.5 Å². The zero-order valence-electron chi connectivity index (χ0n) is 16.1. The van der Waals surface area contributed by atoms with Crippen LogP contribution in [0, 0.1) is 5.92 Å². The van der Waals surface area contributed by atoms with Gasteiger partial charge in [0.05, 0.1) is 5.92 Å². The van der Waals surface area contributed by atoms with Crippen LogP contribution in [0.5, 0.6) is 0 Å². The Kier molecular flexibility index (Phi) is 6.93. The number of carbonyl (C=O) groups is 2. The summed E-state index contributed by atoms with van der Waals surface area (Å²) in [5, 5.41) is 0.666. The van der Waals surface area contributed by atoms with Crippen molar-refractivity contribution in [2.75, 3.05) is 19.6 Å². The molecule has 1 aromatic carbocycles. The predicted molar refractivity (Wildman–Crippen MR) is 103 cm³/mol. The van der Waals surface area contributed by atoms with E-state index in [1.807, 2.05) is 56.9 Å². The summed E-state index contributed by atoms with van der Waals surface area (Å²) in [6, 6.07) is 7.56. The highest BCUT2D eigenvalue weighted by molar-refractivity contribution is 6.30. The summed E-state index contributed by atoms with van der Waals surface area (Å²) >= 11 is 6.04. The molecule has 1 aromatic rings. The minimum atomic E-state index is -0.532. The first kappa shape index (κ1) is 20.6. The van der Waals surface area contributed by atoms with E-state index in [1.54, 1.807) is 4.90 Å². The molecule has 5 nitrogen and oxygen atoms in total. The summed E-state index contributed by atoms with van der Waals surface area (Å²) in [5.41, 5.74) is 0.475. The summed E-state index contributed by atoms with van der Waals surface area (Å²) in [5.74, 6) is -0.101. The third kappa shape index (κ3) is 5.90. The average molecular weight is 381 g/mol. The van der Waals surface area contributed by atoms with Crippen LogP contribution in [0.2, 0.25) is 5.02 Å². The first-order valence-electron chi connectivity index (χ1n) is 9.20. The minimum Gasteiger partial charge on any atom is -0.444 e. The van der Waals surface area contributed by atoms with Gasteiger partial charge in [0.2, 0.25) is 5.91 Å². The van der Waals surface area contributed by atoms with E-state index in [4.69, 9.17) is 16.3 Å². The Balaban J connectivity index is 2.01. The maximum Gasteiger partial charge on any atom is 0.410 e. The van der Waals surface area contributed by atoms with Crippen molar-refractivity contribution >= 4 is 23.6 Å². The second-order valence-electron chi connectivity index (χ2n) is 7.75. The smallest absolute Gasteiger partial charge is 0.410 e. The molecule has 0 saturated carbocycles. The molecule has 0 bridgehead atoms. The number of nitrogens with zero attached hydrogens (tertiary/aromatic N) is 2. The molecule has 0 unspecified atom stereocenters. The molecule has 1 aliphatic heterocycles. The SMILES string of the molecule is CCN(Cc1cccc(Cl)c1)C(=O)[C@@H]1CCCN(C(=O)OC(C)(C)C)C1. The Morgan fingerprint density at radius 2 is 2.08 bits per heavy atom. The van der Waals surface area contributed by atoms with E-state index >= 15 is 0 Å². The van der Waals surface area contributed by atoms with Gasteiger partial charge in [0.25, 0.3) is 0 Å². The molecular formula is C20H29ClN2O3. The zero-order valence-corrected chi connectivity index (χ0v) is 16.9. The molecule has 2 rings (SSSR count). The van der Waals surface area contributed by atoms with Crippen LogP contribution in [0.3, 0.4) is 0 Å². The van der Waals surface area contributed by atoms with Gasteiger partial charge in [-0.15, -0.1) is 0 Å². The largest absolute Gasteiger partial charge is 0.444 e. The first-order chi connectivity index (χ1) is 12.2. The van der Waals surface area contributed by atoms with E-state index in [1.165, 1.54) is 0 Å². The Hall–Kier alpha value is -1.75. The Bertz CT molecular complexity index is 642. The highest BCUT2D eigenvalue weighted by atomic mass is 35.5. The fourth-order valence-corrected chi connectivity index (χ4v) is 3.34. The number of rotatable bonds is 4. The highest BCUT2D eigenvalue weighted by Gasteiger charge is 2.32. The Morgan fingerprint density at radius 1 is 1.35 bits per heavy atom. The highest BCUT2D eigenvalue weighted by Crippen LogP contribution is 2.22. The molecule has 1 aliphatic rings. The van der Waals surface area contributed by atoms with Crippen molar-refractivity contribution in [3.8, 4) is 0 Å². The number of likely N-dealkylation sites (tertiary alicyclic amines) is 1. The van der Waals surface area contributed by atoms with Gasteiger partial charge in [0.15, 0.2) is 0 Å². The molecule has 1 atom stereocenters. The minimum absolute atomic E-state index is 0.0840. The summed E-state index contributed by atoms with van der Waals surface area (Å²) in [6.07, 6.45) is 1.27. The van der Waals surface area contributed by atoms with Gasteiger partial charge in [-0.25, -0.2) is 4.79 Å². The third-order valence-electron chi connectivity index (χ3n) is 4.38. The fraction of sp³-hybridized carbons (Fsp3) is 0.600. The molecule has 2 amide bonds. The summed E-state index contributed by atoms with van der Waals surface area (Å²) in [4.78, 5) is 28.8. The molecule has 144 valence electrons. The number of piperidine rings is 1. The summed E-state index contributed by atoms with van der Waals surface area (Å²) in [6.45, 7) is 9.72. The fourth-order valence-electron chi connectivity index (χ4n) is 3.13. The van der Waals surface area contributed by atoms with Crippen LogP contribution in [-0.2, 0) is 16.1 Å². The van der Waals surface area contributed by atoms with Crippen molar-refractivity contribution < 1.29 is 14.3 Å². The normalized spacial score (nSPS) is 17.7. The van der Waals surface area contributed by atoms with Gasteiger partial charge in [-0.05, 0) is 58.2 Å². The van der Waals surface area contributed by atoms with Crippen molar-refractivity contribution in [3.05, 3.63) is 34.9 Å². The van der Waals surface area contributed by atoms with E-state index in [0.29, 0.717) is 31.2 Å². The van der Waals surface area contributed by atoms with Gasteiger partial charge in [-0.2, -0.15) is 0 Å². The van der Waals surface area contributed by atoms with Crippen molar-refractivity contribution in [3.63, 3.8) is 0 Å². The van der Waals surface area contributed by atoms with Crippen molar-refractivity contribution in [1.82, 2.24) is 9.80 Å². The van der Waals surface area contributed by atoms with Crippen molar-refractivity contribution in [2.24, 2.45) is 5.92 Å². The Morgan fingerprint density at radius 3 is 2.69 bits per heavy atom. The second kappa shape index (κ2) is 8.76. The molecular weight excluding hydrogens is 352 g/mol. The lowest BCUT2D eigenvalue weighted by Crippen LogP contribution is -2.47. The van der Waals surface area contributed by atoms with Gasteiger partial charge in [0, 0.05) is 31.2 Å². The lowest BCUT2D eigenvalue weighted by molar-refractivity contribution is -0.137. The monoisotopic (exact) mass is 380 g/mol. The predicted octanol–water partition coefficient (Wildman–Crippen LogP) is 4.34. The molecule has 0 aromatic heterocycles. The van der Waals surface area contributed by atoms with E-state index in [9.17, 15) is 9.59 Å². The Labute approximate surface area is 161 Å². The van der Waals surface area contributed by atoms with Gasteiger partial charge in [-0.1, -0.05) is 23.7 Å². The van der Waals surface area contributed by atoms with Gasteiger partial charge in [-0.3, -0.25) is 4.79 Å². The molecule has 26 heavy (non-hydrogen) atoms. The van der Waals surface area contributed by atoms with Gasteiger partial charge in [0.1, 0.15) is 5.60 Å². The lowest BCUT2D eigenvalue weighted by Gasteiger charge is -2.35. The number of ether oxygens (including phenoxy) is 1. The number of carbonyl (C=O) groups excluding carboxylic acids is 2. The quantitative estimate of drug-likeness (QED) is 0.780. The molecule has 0 spiro atoms. The van der Waals surface area contributed by atoms with Crippen LogP contribution < -0.4 is 0 Å².